The maximum Gasteiger partial charge on any atom is 0.0725 e. The third-order valence-corrected chi connectivity index (χ3v) is 8.27. The molecule has 0 amide bonds. The summed E-state index contributed by atoms with van der Waals surface area (Å²) in [4.78, 5) is 4.39. The van der Waals surface area contributed by atoms with E-state index >= 15 is 0 Å². The van der Waals surface area contributed by atoms with Crippen LogP contribution < -0.4 is 9.80 Å². The molecule has 0 aromatic heterocycles. The molecule has 2 heteroatoms. The van der Waals surface area contributed by atoms with Crippen molar-refractivity contribution in [3.63, 3.8) is 0 Å². The van der Waals surface area contributed by atoms with Gasteiger partial charge in [0, 0.05) is 39.6 Å². The average Bonchev–Trinajstić information content (AvgIpc) is 3.40. The molecule has 0 saturated heterocycles. The summed E-state index contributed by atoms with van der Waals surface area (Å²) in [5.41, 5.74) is 15.5. The molecule has 37 heavy (non-hydrogen) atoms. The summed E-state index contributed by atoms with van der Waals surface area (Å²) in [6, 6.07) is 40.9. The largest absolute Gasteiger partial charge is 0.378 e. The Bertz CT molecular complexity index is 1620. The Labute approximate surface area is 219 Å². The Morgan fingerprint density at radius 2 is 0.865 bits per heavy atom. The lowest BCUT2D eigenvalue weighted by Gasteiger charge is -2.30. The Morgan fingerprint density at radius 1 is 0.432 bits per heavy atom. The van der Waals surface area contributed by atoms with Crippen molar-refractivity contribution in [3.05, 3.63) is 131 Å². The standard InChI is InChI=1S/C35H30N2/c1-36(2)24-20-23(21-25(22-24)37(3)4)26-15-11-19-33-34(26)29-14-7-10-18-32(29)35(33)30-16-8-5-12-27(30)28-13-6-9-17-31(28)35/h5-22H,1-4H3. The van der Waals surface area contributed by atoms with Crippen molar-refractivity contribution in [2.75, 3.05) is 38.0 Å². The van der Waals surface area contributed by atoms with E-state index in [1.54, 1.807) is 0 Å². The lowest BCUT2D eigenvalue weighted by Crippen LogP contribution is -2.25. The van der Waals surface area contributed by atoms with Gasteiger partial charge < -0.3 is 9.80 Å². The van der Waals surface area contributed by atoms with Crippen LogP contribution >= 0.6 is 0 Å². The second-order valence-electron chi connectivity index (χ2n) is 10.6. The summed E-state index contributed by atoms with van der Waals surface area (Å²) in [7, 11) is 8.46. The predicted molar refractivity (Wildman–Crippen MR) is 157 cm³/mol. The molecule has 180 valence electrons. The second-order valence-corrected chi connectivity index (χ2v) is 10.6. The first-order valence-electron chi connectivity index (χ1n) is 12.9. The average molecular weight is 479 g/mol. The number of hydrogen-bond acceptors (Lipinski definition) is 2. The molecule has 0 bridgehead atoms. The maximum atomic E-state index is 2.36. The zero-order valence-corrected chi connectivity index (χ0v) is 21.8. The van der Waals surface area contributed by atoms with Crippen molar-refractivity contribution in [1.29, 1.82) is 0 Å². The molecule has 2 aliphatic rings. The Kier molecular flexibility index (Phi) is 4.65. The highest BCUT2D eigenvalue weighted by Crippen LogP contribution is 2.63. The van der Waals surface area contributed by atoms with Crippen LogP contribution in [-0.4, -0.2) is 28.2 Å². The van der Waals surface area contributed by atoms with E-state index in [0.717, 1.165) is 0 Å². The van der Waals surface area contributed by atoms with E-state index in [1.807, 2.05) is 0 Å². The molecular weight excluding hydrogens is 448 g/mol. The molecule has 0 heterocycles. The van der Waals surface area contributed by atoms with Crippen molar-refractivity contribution < 1.29 is 0 Å². The molecule has 7 rings (SSSR count). The van der Waals surface area contributed by atoms with Gasteiger partial charge >= 0.3 is 0 Å². The van der Waals surface area contributed by atoms with Gasteiger partial charge in [0.2, 0.25) is 0 Å². The molecule has 0 radical (unpaired) electrons. The van der Waals surface area contributed by atoms with Gasteiger partial charge in [0.05, 0.1) is 5.41 Å². The Morgan fingerprint density at radius 3 is 1.41 bits per heavy atom. The smallest absolute Gasteiger partial charge is 0.0725 e. The van der Waals surface area contributed by atoms with Crippen molar-refractivity contribution in [1.82, 2.24) is 0 Å². The lowest BCUT2D eigenvalue weighted by atomic mass is 9.70. The highest BCUT2D eigenvalue weighted by atomic mass is 15.1. The molecule has 0 saturated carbocycles. The maximum absolute atomic E-state index is 2.36. The van der Waals surface area contributed by atoms with Crippen molar-refractivity contribution >= 4 is 11.4 Å². The number of anilines is 2. The third-order valence-electron chi connectivity index (χ3n) is 8.27. The first kappa shape index (κ1) is 21.9. The van der Waals surface area contributed by atoms with Gasteiger partial charge in [-0.1, -0.05) is 91.0 Å². The van der Waals surface area contributed by atoms with Crippen LogP contribution in [-0.2, 0) is 5.41 Å². The van der Waals surface area contributed by atoms with Crippen LogP contribution in [0.5, 0.6) is 0 Å². The van der Waals surface area contributed by atoms with Crippen LogP contribution in [0.15, 0.2) is 109 Å². The number of benzene rings is 5. The van der Waals surface area contributed by atoms with Gasteiger partial charge in [0.1, 0.15) is 0 Å². The lowest BCUT2D eigenvalue weighted by molar-refractivity contribution is 0.794. The highest BCUT2D eigenvalue weighted by molar-refractivity contribution is 6.00. The molecule has 0 atom stereocenters. The normalized spacial score (nSPS) is 13.6. The molecule has 2 aliphatic carbocycles. The minimum atomic E-state index is -0.307. The van der Waals surface area contributed by atoms with Gasteiger partial charge in [0.15, 0.2) is 0 Å². The molecule has 0 fully saturated rings. The van der Waals surface area contributed by atoms with Crippen molar-refractivity contribution in [2.24, 2.45) is 0 Å². The number of hydrogen-bond donors (Lipinski definition) is 0. The van der Waals surface area contributed by atoms with E-state index in [0.29, 0.717) is 0 Å². The zero-order valence-electron chi connectivity index (χ0n) is 21.8. The van der Waals surface area contributed by atoms with E-state index in [4.69, 9.17) is 0 Å². The summed E-state index contributed by atoms with van der Waals surface area (Å²) in [6.07, 6.45) is 0. The van der Waals surface area contributed by atoms with Crippen molar-refractivity contribution in [3.8, 4) is 33.4 Å². The molecule has 5 aromatic carbocycles. The van der Waals surface area contributed by atoms with Crippen LogP contribution in [0.3, 0.4) is 0 Å². The summed E-state index contributed by atoms with van der Waals surface area (Å²) in [5, 5.41) is 0. The summed E-state index contributed by atoms with van der Waals surface area (Å²) >= 11 is 0. The molecule has 0 N–H and O–H groups in total. The topological polar surface area (TPSA) is 6.48 Å². The van der Waals surface area contributed by atoms with E-state index < -0.39 is 0 Å². The van der Waals surface area contributed by atoms with Gasteiger partial charge in [-0.2, -0.15) is 0 Å². The fraction of sp³-hybridized carbons (Fsp3) is 0.143. The van der Waals surface area contributed by atoms with Gasteiger partial charge in [-0.05, 0) is 73.8 Å². The van der Waals surface area contributed by atoms with Crippen LogP contribution in [0.25, 0.3) is 33.4 Å². The van der Waals surface area contributed by atoms with Crippen LogP contribution in [0.4, 0.5) is 11.4 Å². The van der Waals surface area contributed by atoms with Gasteiger partial charge in [-0.3, -0.25) is 0 Å². The van der Waals surface area contributed by atoms with Crippen LogP contribution in [0, 0.1) is 0 Å². The fourth-order valence-corrected chi connectivity index (χ4v) is 6.65. The summed E-state index contributed by atoms with van der Waals surface area (Å²) in [5.74, 6) is 0. The van der Waals surface area contributed by atoms with E-state index in [9.17, 15) is 0 Å². The van der Waals surface area contributed by atoms with Crippen LogP contribution in [0.2, 0.25) is 0 Å². The van der Waals surface area contributed by atoms with Crippen LogP contribution in [0.1, 0.15) is 22.3 Å². The van der Waals surface area contributed by atoms with E-state index in [2.05, 4.69) is 147 Å². The zero-order chi connectivity index (χ0) is 25.3. The summed E-state index contributed by atoms with van der Waals surface area (Å²) in [6.45, 7) is 0. The van der Waals surface area contributed by atoms with E-state index in [1.165, 1.54) is 67.0 Å². The van der Waals surface area contributed by atoms with Gasteiger partial charge in [-0.25, -0.2) is 0 Å². The minimum absolute atomic E-state index is 0.307. The predicted octanol–water partition coefficient (Wildman–Crippen LogP) is 7.83. The highest BCUT2D eigenvalue weighted by Gasteiger charge is 2.51. The number of rotatable bonds is 3. The second kappa shape index (κ2) is 7.85. The summed E-state index contributed by atoms with van der Waals surface area (Å²) < 4.78 is 0. The first-order valence-corrected chi connectivity index (χ1v) is 12.9. The quantitative estimate of drug-likeness (QED) is 0.255. The molecule has 0 aliphatic heterocycles. The SMILES string of the molecule is CN(C)c1cc(-c2cccc3c2-c2ccccc2C32c3ccccc3-c3ccccc32)cc(N(C)C)c1. The molecule has 1 spiro atoms. The Balaban J connectivity index is 1.60. The van der Waals surface area contributed by atoms with E-state index in [-0.39, 0.29) is 5.41 Å². The third kappa shape index (κ3) is 2.87. The fourth-order valence-electron chi connectivity index (χ4n) is 6.65. The monoisotopic (exact) mass is 478 g/mol. The molecule has 2 nitrogen and oxygen atoms in total. The van der Waals surface area contributed by atoms with Crippen molar-refractivity contribution in [2.45, 2.75) is 5.41 Å². The number of fused-ring (bicyclic) bond motifs is 10. The first-order chi connectivity index (χ1) is 18.0. The van der Waals surface area contributed by atoms with Gasteiger partial charge in [-0.15, -0.1) is 0 Å². The minimum Gasteiger partial charge on any atom is -0.378 e. The molecule has 0 unspecified atom stereocenters. The van der Waals surface area contributed by atoms with Gasteiger partial charge in [0.25, 0.3) is 0 Å². The Hall–Kier alpha value is -4.30. The molecular formula is C35H30N2. The number of nitrogens with zero attached hydrogens (tertiary/aromatic N) is 2. The molecule has 5 aromatic rings.